The summed E-state index contributed by atoms with van der Waals surface area (Å²) >= 11 is 3.49. The molecule has 0 heterocycles. The molecular formula is C16H18BrNO. The molecular weight excluding hydrogens is 302 g/mol. The van der Waals surface area contributed by atoms with E-state index in [0.717, 1.165) is 16.6 Å². The smallest absolute Gasteiger partial charge is 0.0626 e. The number of benzene rings is 2. The Balaban J connectivity index is 2.05. The third kappa shape index (κ3) is 3.90. The van der Waals surface area contributed by atoms with Gasteiger partial charge in [-0.15, -0.1) is 0 Å². The molecule has 2 N–H and O–H groups in total. The molecule has 2 nitrogen and oxygen atoms in total. The van der Waals surface area contributed by atoms with Crippen molar-refractivity contribution in [1.29, 1.82) is 0 Å². The quantitative estimate of drug-likeness (QED) is 0.882. The molecule has 0 aliphatic carbocycles. The van der Waals surface area contributed by atoms with Gasteiger partial charge in [-0.05, 0) is 29.7 Å². The predicted octanol–water partition coefficient (Wildman–Crippen LogP) is 3.58. The van der Waals surface area contributed by atoms with E-state index in [1.54, 1.807) is 0 Å². The minimum absolute atomic E-state index is 0.0352. The van der Waals surface area contributed by atoms with Crippen molar-refractivity contribution in [2.45, 2.75) is 19.5 Å². The highest BCUT2D eigenvalue weighted by Crippen LogP contribution is 2.21. The summed E-state index contributed by atoms with van der Waals surface area (Å²) in [4.78, 5) is 0. The topological polar surface area (TPSA) is 32.3 Å². The van der Waals surface area contributed by atoms with Crippen molar-refractivity contribution in [3.8, 4) is 0 Å². The average molecular weight is 320 g/mol. The fourth-order valence-electron chi connectivity index (χ4n) is 2.01. The molecule has 100 valence electrons. The van der Waals surface area contributed by atoms with Crippen LogP contribution in [0.3, 0.4) is 0 Å². The average Bonchev–Trinajstić information content (AvgIpc) is 2.44. The Hall–Kier alpha value is -1.16. The number of aliphatic hydroxyl groups excluding tert-OH is 1. The maximum atomic E-state index is 9.54. The maximum absolute atomic E-state index is 9.54. The summed E-state index contributed by atoms with van der Waals surface area (Å²) in [5.74, 6) is 0. The van der Waals surface area contributed by atoms with Gasteiger partial charge in [0.15, 0.2) is 0 Å². The normalized spacial score (nSPS) is 12.4. The Bertz CT molecular complexity index is 528. The Morgan fingerprint density at radius 1 is 1.16 bits per heavy atom. The van der Waals surface area contributed by atoms with Crippen molar-refractivity contribution in [3.05, 3.63) is 69.7 Å². The third-order valence-electron chi connectivity index (χ3n) is 3.16. The molecule has 2 rings (SSSR count). The van der Waals surface area contributed by atoms with Gasteiger partial charge in [-0.3, -0.25) is 0 Å². The molecule has 0 saturated carbocycles. The van der Waals surface area contributed by atoms with E-state index in [9.17, 15) is 5.11 Å². The first-order chi connectivity index (χ1) is 9.20. The van der Waals surface area contributed by atoms with Crippen molar-refractivity contribution in [1.82, 2.24) is 5.32 Å². The highest BCUT2D eigenvalue weighted by molar-refractivity contribution is 9.10. The fraction of sp³-hybridized carbons (Fsp3) is 0.250. The SMILES string of the molecule is Cc1cc(C(CO)NCc2ccccc2)ccc1Br. The molecule has 2 aromatic rings. The number of halogens is 1. The van der Waals surface area contributed by atoms with E-state index in [4.69, 9.17) is 0 Å². The molecule has 2 aromatic carbocycles. The lowest BCUT2D eigenvalue weighted by Crippen LogP contribution is -2.24. The van der Waals surface area contributed by atoms with Gasteiger partial charge in [-0.25, -0.2) is 0 Å². The van der Waals surface area contributed by atoms with Gasteiger partial charge in [0.25, 0.3) is 0 Å². The van der Waals surface area contributed by atoms with Gasteiger partial charge in [0.2, 0.25) is 0 Å². The minimum atomic E-state index is -0.0352. The summed E-state index contributed by atoms with van der Waals surface area (Å²) in [6.07, 6.45) is 0. The summed E-state index contributed by atoms with van der Waals surface area (Å²) in [7, 11) is 0. The number of aliphatic hydroxyl groups is 1. The highest BCUT2D eigenvalue weighted by Gasteiger charge is 2.10. The molecule has 0 aliphatic rings. The zero-order valence-electron chi connectivity index (χ0n) is 10.9. The summed E-state index contributed by atoms with van der Waals surface area (Å²) in [6.45, 7) is 2.90. The van der Waals surface area contributed by atoms with E-state index in [2.05, 4.69) is 46.4 Å². The second kappa shape index (κ2) is 6.85. The molecule has 0 radical (unpaired) electrons. The van der Waals surface area contributed by atoms with E-state index in [-0.39, 0.29) is 12.6 Å². The maximum Gasteiger partial charge on any atom is 0.0626 e. The van der Waals surface area contributed by atoms with Crippen LogP contribution in [0, 0.1) is 6.92 Å². The standard InChI is InChI=1S/C16H18BrNO/c1-12-9-14(7-8-15(12)17)16(11-19)18-10-13-5-3-2-4-6-13/h2-9,16,18-19H,10-11H2,1H3. The van der Waals surface area contributed by atoms with Gasteiger partial charge in [-0.1, -0.05) is 58.4 Å². The Labute approximate surface area is 122 Å². The van der Waals surface area contributed by atoms with Crippen LogP contribution in [0.25, 0.3) is 0 Å². The summed E-state index contributed by atoms with van der Waals surface area (Å²) in [5, 5.41) is 12.9. The van der Waals surface area contributed by atoms with Gasteiger partial charge in [-0.2, -0.15) is 0 Å². The van der Waals surface area contributed by atoms with Crippen LogP contribution >= 0.6 is 15.9 Å². The summed E-state index contributed by atoms with van der Waals surface area (Å²) in [5.41, 5.74) is 3.51. The van der Waals surface area contributed by atoms with Crippen LogP contribution < -0.4 is 5.32 Å². The molecule has 1 atom stereocenters. The Morgan fingerprint density at radius 2 is 1.89 bits per heavy atom. The summed E-state index contributed by atoms with van der Waals surface area (Å²) in [6, 6.07) is 16.3. The first-order valence-electron chi connectivity index (χ1n) is 6.35. The molecule has 0 amide bonds. The predicted molar refractivity (Wildman–Crippen MR) is 82.0 cm³/mol. The van der Waals surface area contributed by atoms with E-state index >= 15 is 0 Å². The van der Waals surface area contributed by atoms with Crippen LogP contribution in [0.4, 0.5) is 0 Å². The molecule has 0 fully saturated rings. The van der Waals surface area contributed by atoms with E-state index < -0.39 is 0 Å². The molecule has 0 aromatic heterocycles. The van der Waals surface area contributed by atoms with Gasteiger partial charge in [0, 0.05) is 11.0 Å². The largest absolute Gasteiger partial charge is 0.394 e. The number of rotatable bonds is 5. The van der Waals surface area contributed by atoms with Crippen LogP contribution in [0.1, 0.15) is 22.7 Å². The van der Waals surface area contributed by atoms with Crippen molar-refractivity contribution < 1.29 is 5.11 Å². The van der Waals surface area contributed by atoms with Crippen LogP contribution in [-0.4, -0.2) is 11.7 Å². The second-order valence-electron chi connectivity index (χ2n) is 4.61. The lowest BCUT2D eigenvalue weighted by atomic mass is 10.0. The Morgan fingerprint density at radius 3 is 2.53 bits per heavy atom. The lowest BCUT2D eigenvalue weighted by molar-refractivity contribution is 0.243. The molecule has 1 unspecified atom stereocenters. The van der Waals surface area contributed by atoms with Crippen molar-refractivity contribution in [2.75, 3.05) is 6.61 Å². The zero-order chi connectivity index (χ0) is 13.7. The van der Waals surface area contributed by atoms with Crippen molar-refractivity contribution in [3.63, 3.8) is 0 Å². The molecule has 3 heteroatoms. The molecule has 0 saturated heterocycles. The fourth-order valence-corrected chi connectivity index (χ4v) is 2.26. The molecule has 19 heavy (non-hydrogen) atoms. The number of hydrogen-bond acceptors (Lipinski definition) is 2. The van der Waals surface area contributed by atoms with Crippen LogP contribution in [0.2, 0.25) is 0 Å². The van der Waals surface area contributed by atoms with Crippen LogP contribution in [-0.2, 0) is 6.54 Å². The third-order valence-corrected chi connectivity index (χ3v) is 4.05. The highest BCUT2D eigenvalue weighted by atomic mass is 79.9. The monoisotopic (exact) mass is 319 g/mol. The van der Waals surface area contributed by atoms with Gasteiger partial charge >= 0.3 is 0 Å². The number of hydrogen-bond donors (Lipinski definition) is 2. The van der Waals surface area contributed by atoms with Gasteiger partial charge < -0.3 is 10.4 Å². The summed E-state index contributed by atoms with van der Waals surface area (Å²) < 4.78 is 1.09. The van der Waals surface area contributed by atoms with E-state index in [1.165, 1.54) is 11.1 Å². The molecule has 0 bridgehead atoms. The molecule has 0 spiro atoms. The van der Waals surface area contributed by atoms with Crippen LogP contribution in [0.5, 0.6) is 0 Å². The first-order valence-corrected chi connectivity index (χ1v) is 7.14. The molecule has 0 aliphatic heterocycles. The van der Waals surface area contributed by atoms with Gasteiger partial charge in [0.1, 0.15) is 0 Å². The van der Waals surface area contributed by atoms with E-state index in [1.807, 2.05) is 30.3 Å². The van der Waals surface area contributed by atoms with Crippen LogP contribution in [0.15, 0.2) is 53.0 Å². The van der Waals surface area contributed by atoms with Crippen molar-refractivity contribution >= 4 is 15.9 Å². The van der Waals surface area contributed by atoms with Crippen molar-refractivity contribution in [2.24, 2.45) is 0 Å². The lowest BCUT2D eigenvalue weighted by Gasteiger charge is -2.17. The number of nitrogens with one attached hydrogen (secondary N) is 1. The minimum Gasteiger partial charge on any atom is -0.394 e. The number of aryl methyl sites for hydroxylation is 1. The van der Waals surface area contributed by atoms with Gasteiger partial charge in [0.05, 0.1) is 12.6 Å². The second-order valence-corrected chi connectivity index (χ2v) is 5.46. The first kappa shape index (κ1) is 14.3. The van der Waals surface area contributed by atoms with E-state index in [0.29, 0.717) is 0 Å². The zero-order valence-corrected chi connectivity index (χ0v) is 12.5. The Kier molecular flexibility index (Phi) is 5.14.